The highest BCUT2D eigenvalue weighted by Crippen LogP contribution is 2.45. The SMILES string of the molecule is O=C(c1cocn1)N1CC2(C1)C(COc1ccccn1)CCS2(=O)=O. The summed E-state index contributed by atoms with van der Waals surface area (Å²) >= 11 is 0. The molecule has 0 bridgehead atoms. The molecule has 1 spiro atoms. The molecule has 1 unspecified atom stereocenters. The van der Waals surface area contributed by atoms with Crippen LogP contribution < -0.4 is 4.74 Å². The van der Waals surface area contributed by atoms with Crippen LogP contribution >= 0.6 is 0 Å². The van der Waals surface area contributed by atoms with Gasteiger partial charge in [0.05, 0.1) is 12.4 Å². The highest BCUT2D eigenvalue weighted by atomic mass is 32.2. The number of ether oxygens (including phenoxy) is 1. The summed E-state index contributed by atoms with van der Waals surface area (Å²) in [6.45, 7) is 0.594. The predicted octanol–water partition coefficient (Wildman–Crippen LogP) is 0.778. The molecule has 0 N–H and O–H groups in total. The van der Waals surface area contributed by atoms with E-state index in [2.05, 4.69) is 9.97 Å². The third-order valence-corrected chi connectivity index (χ3v) is 7.63. The van der Waals surface area contributed by atoms with Crippen molar-refractivity contribution in [2.75, 3.05) is 25.4 Å². The second-order valence-electron chi connectivity index (χ2n) is 6.38. The first-order valence-corrected chi connectivity index (χ1v) is 9.61. The Morgan fingerprint density at radius 2 is 2.20 bits per heavy atom. The summed E-state index contributed by atoms with van der Waals surface area (Å²) in [5.41, 5.74) is 0.187. The van der Waals surface area contributed by atoms with E-state index >= 15 is 0 Å². The summed E-state index contributed by atoms with van der Waals surface area (Å²) in [6.07, 6.45) is 4.59. The standard InChI is InChI=1S/C16H17N3O5S/c20-15(13-8-23-11-18-13)19-9-16(10-19)12(4-6-25(16,21)22)7-24-14-3-1-2-5-17-14/h1-3,5,8,11-12H,4,6-7,9-10H2. The van der Waals surface area contributed by atoms with Gasteiger partial charge in [-0.1, -0.05) is 6.07 Å². The van der Waals surface area contributed by atoms with Crippen molar-refractivity contribution in [3.63, 3.8) is 0 Å². The summed E-state index contributed by atoms with van der Waals surface area (Å²) < 4.78 is 34.8. The van der Waals surface area contributed by atoms with Crippen molar-refractivity contribution in [3.05, 3.63) is 42.7 Å². The van der Waals surface area contributed by atoms with Gasteiger partial charge in [-0.3, -0.25) is 4.79 Å². The largest absolute Gasteiger partial charge is 0.477 e. The number of oxazole rings is 1. The van der Waals surface area contributed by atoms with Crippen LogP contribution in [0.25, 0.3) is 0 Å². The zero-order valence-electron chi connectivity index (χ0n) is 13.4. The van der Waals surface area contributed by atoms with Gasteiger partial charge in [0.1, 0.15) is 11.0 Å². The van der Waals surface area contributed by atoms with Gasteiger partial charge >= 0.3 is 0 Å². The number of carbonyl (C=O) groups is 1. The Bertz CT molecular complexity index is 860. The Labute approximate surface area is 144 Å². The Kier molecular flexibility index (Phi) is 3.75. The van der Waals surface area contributed by atoms with Gasteiger partial charge in [-0.25, -0.2) is 18.4 Å². The molecule has 9 heteroatoms. The monoisotopic (exact) mass is 363 g/mol. The van der Waals surface area contributed by atoms with Crippen molar-refractivity contribution < 1.29 is 22.4 Å². The molecular weight excluding hydrogens is 346 g/mol. The van der Waals surface area contributed by atoms with Gasteiger partial charge in [0.15, 0.2) is 21.9 Å². The fourth-order valence-corrected chi connectivity index (χ4v) is 5.95. The average molecular weight is 363 g/mol. The molecular formula is C16H17N3O5S. The molecule has 0 aromatic carbocycles. The molecule has 1 atom stereocenters. The van der Waals surface area contributed by atoms with Crippen molar-refractivity contribution in [2.24, 2.45) is 5.92 Å². The molecule has 0 saturated carbocycles. The lowest BCUT2D eigenvalue weighted by Crippen LogP contribution is -2.69. The maximum Gasteiger partial charge on any atom is 0.275 e. The highest BCUT2D eigenvalue weighted by Gasteiger charge is 2.62. The molecule has 2 saturated heterocycles. The highest BCUT2D eigenvalue weighted by molar-refractivity contribution is 7.93. The number of hydrogen-bond acceptors (Lipinski definition) is 7. The predicted molar refractivity (Wildman–Crippen MR) is 86.8 cm³/mol. The van der Waals surface area contributed by atoms with Crippen LogP contribution in [-0.2, 0) is 9.84 Å². The fraction of sp³-hybridized carbons (Fsp3) is 0.438. The number of carbonyl (C=O) groups excluding carboxylic acids is 1. The van der Waals surface area contributed by atoms with Crippen LogP contribution in [0.3, 0.4) is 0 Å². The Hall–Kier alpha value is -2.42. The minimum atomic E-state index is -3.28. The minimum Gasteiger partial charge on any atom is -0.477 e. The molecule has 2 aromatic heterocycles. The van der Waals surface area contributed by atoms with Gasteiger partial charge in [0.25, 0.3) is 5.91 Å². The van der Waals surface area contributed by atoms with E-state index in [4.69, 9.17) is 9.15 Å². The zero-order chi connectivity index (χ0) is 17.5. The summed E-state index contributed by atoms with van der Waals surface area (Å²) in [7, 11) is -3.28. The molecule has 1 amide bonds. The number of likely N-dealkylation sites (tertiary alicyclic amines) is 1. The van der Waals surface area contributed by atoms with E-state index in [9.17, 15) is 13.2 Å². The van der Waals surface area contributed by atoms with Crippen LogP contribution in [0.1, 0.15) is 16.9 Å². The number of amides is 1. The van der Waals surface area contributed by atoms with Crippen molar-refractivity contribution in [1.82, 2.24) is 14.9 Å². The van der Waals surface area contributed by atoms with Gasteiger partial charge in [-0.05, 0) is 12.5 Å². The van der Waals surface area contributed by atoms with E-state index in [1.807, 2.05) is 6.07 Å². The van der Waals surface area contributed by atoms with Crippen LogP contribution in [0.5, 0.6) is 5.88 Å². The van der Waals surface area contributed by atoms with Crippen molar-refractivity contribution in [2.45, 2.75) is 11.2 Å². The fourth-order valence-electron chi connectivity index (χ4n) is 3.55. The Morgan fingerprint density at radius 3 is 2.88 bits per heavy atom. The molecule has 2 aliphatic heterocycles. The molecule has 25 heavy (non-hydrogen) atoms. The second kappa shape index (κ2) is 5.83. The van der Waals surface area contributed by atoms with Crippen molar-refractivity contribution in [3.8, 4) is 5.88 Å². The smallest absolute Gasteiger partial charge is 0.275 e. The van der Waals surface area contributed by atoms with Gasteiger partial charge in [-0.15, -0.1) is 0 Å². The lowest BCUT2D eigenvalue weighted by molar-refractivity contribution is 0.0401. The van der Waals surface area contributed by atoms with Crippen LogP contribution in [0.4, 0.5) is 0 Å². The molecule has 2 aliphatic rings. The molecule has 2 aromatic rings. The van der Waals surface area contributed by atoms with E-state index in [-0.39, 0.29) is 43.0 Å². The van der Waals surface area contributed by atoms with Crippen LogP contribution in [0.15, 0.2) is 41.5 Å². The van der Waals surface area contributed by atoms with Crippen molar-refractivity contribution >= 4 is 15.7 Å². The van der Waals surface area contributed by atoms with Crippen LogP contribution in [0.2, 0.25) is 0 Å². The average Bonchev–Trinajstić information content (AvgIpc) is 3.18. The maximum absolute atomic E-state index is 12.6. The molecule has 0 radical (unpaired) electrons. The Balaban J connectivity index is 1.47. The lowest BCUT2D eigenvalue weighted by Gasteiger charge is -2.49. The van der Waals surface area contributed by atoms with Crippen molar-refractivity contribution in [1.29, 1.82) is 0 Å². The first-order valence-electron chi connectivity index (χ1n) is 7.95. The first kappa shape index (κ1) is 16.1. The number of aromatic nitrogens is 2. The van der Waals surface area contributed by atoms with E-state index < -0.39 is 14.6 Å². The topological polar surface area (TPSA) is 103 Å². The zero-order valence-corrected chi connectivity index (χ0v) is 14.2. The third-order valence-electron chi connectivity index (χ3n) is 5.02. The van der Waals surface area contributed by atoms with Crippen LogP contribution in [-0.4, -0.2) is 59.4 Å². The van der Waals surface area contributed by atoms with Gasteiger partial charge in [0.2, 0.25) is 5.88 Å². The molecule has 132 valence electrons. The van der Waals surface area contributed by atoms with Crippen LogP contribution in [0, 0.1) is 5.92 Å². The molecule has 0 aliphatic carbocycles. The number of pyridine rings is 1. The second-order valence-corrected chi connectivity index (χ2v) is 8.83. The van der Waals surface area contributed by atoms with E-state index in [0.29, 0.717) is 12.3 Å². The summed E-state index contributed by atoms with van der Waals surface area (Å²) in [4.78, 5) is 21.7. The normalized spacial score (nSPS) is 23.4. The van der Waals surface area contributed by atoms with E-state index in [1.165, 1.54) is 17.6 Å². The quantitative estimate of drug-likeness (QED) is 0.791. The molecule has 2 fully saturated rings. The number of hydrogen-bond donors (Lipinski definition) is 0. The van der Waals surface area contributed by atoms with Gasteiger partial charge in [-0.2, -0.15) is 0 Å². The lowest BCUT2D eigenvalue weighted by atomic mass is 9.83. The van der Waals surface area contributed by atoms with E-state index in [1.54, 1.807) is 18.3 Å². The number of rotatable bonds is 4. The summed E-state index contributed by atoms with van der Waals surface area (Å²) in [5.74, 6) is 0.110. The van der Waals surface area contributed by atoms with E-state index in [0.717, 1.165) is 0 Å². The molecule has 4 heterocycles. The Morgan fingerprint density at radius 1 is 1.36 bits per heavy atom. The van der Waals surface area contributed by atoms with Gasteiger partial charge < -0.3 is 14.1 Å². The molecule has 8 nitrogen and oxygen atoms in total. The summed E-state index contributed by atoms with van der Waals surface area (Å²) in [6, 6.07) is 5.33. The third kappa shape index (κ3) is 2.58. The first-order chi connectivity index (χ1) is 12.0. The number of sulfone groups is 1. The minimum absolute atomic E-state index is 0.120. The molecule has 4 rings (SSSR count). The van der Waals surface area contributed by atoms with Gasteiger partial charge in [0, 0.05) is 31.3 Å². The number of nitrogens with zero attached hydrogens (tertiary/aromatic N) is 3. The maximum atomic E-state index is 12.6. The summed E-state index contributed by atoms with van der Waals surface area (Å²) in [5, 5.41) is 0.